The maximum Gasteiger partial charge on any atom is 0.337 e. The van der Waals surface area contributed by atoms with E-state index in [4.69, 9.17) is 21.8 Å². The molecule has 0 spiro atoms. The summed E-state index contributed by atoms with van der Waals surface area (Å²) in [4.78, 5) is 21.6. The molecular formula is C10H7ClN4O4. The van der Waals surface area contributed by atoms with Crippen LogP contribution in [0.5, 0.6) is 0 Å². The third-order valence-corrected chi connectivity index (χ3v) is 2.60. The summed E-state index contributed by atoms with van der Waals surface area (Å²) in [6.07, 6.45) is -0.377. The number of rotatable bonds is 4. The van der Waals surface area contributed by atoms with Gasteiger partial charge in [0.05, 0.1) is 16.3 Å². The highest BCUT2D eigenvalue weighted by Crippen LogP contribution is 2.20. The van der Waals surface area contributed by atoms with Gasteiger partial charge in [0.1, 0.15) is 6.42 Å². The zero-order chi connectivity index (χ0) is 14.0. The lowest BCUT2D eigenvalue weighted by atomic mass is 10.2. The van der Waals surface area contributed by atoms with E-state index in [1.54, 1.807) is 0 Å². The van der Waals surface area contributed by atoms with Gasteiger partial charge < -0.3 is 10.2 Å². The topological polar surface area (TPSA) is 118 Å². The molecule has 0 unspecified atom stereocenters. The van der Waals surface area contributed by atoms with Crippen molar-refractivity contribution >= 4 is 23.5 Å². The molecule has 19 heavy (non-hydrogen) atoms. The average Bonchev–Trinajstić information content (AvgIpc) is 2.76. The average molecular weight is 283 g/mol. The number of nitrogens with zero attached hydrogens (tertiary/aromatic N) is 4. The zero-order valence-corrected chi connectivity index (χ0v) is 10.1. The lowest BCUT2D eigenvalue weighted by Gasteiger charge is -2.05. The van der Waals surface area contributed by atoms with Crippen LogP contribution in [0.3, 0.4) is 0 Å². The molecule has 1 heterocycles. The predicted molar refractivity (Wildman–Crippen MR) is 62.5 cm³/mol. The van der Waals surface area contributed by atoms with Gasteiger partial charge in [-0.05, 0) is 28.6 Å². The van der Waals surface area contributed by atoms with Gasteiger partial charge in [-0.3, -0.25) is 4.79 Å². The van der Waals surface area contributed by atoms with Crippen LogP contribution < -0.4 is 0 Å². The van der Waals surface area contributed by atoms with E-state index >= 15 is 0 Å². The van der Waals surface area contributed by atoms with Gasteiger partial charge in [0.25, 0.3) is 0 Å². The summed E-state index contributed by atoms with van der Waals surface area (Å²) in [5.41, 5.74) is 0.207. The van der Waals surface area contributed by atoms with E-state index in [9.17, 15) is 9.59 Å². The van der Waals surface area contributed by atoms with Crippen molar-refractivity contribution < 1.29 is 19.8 Å². The summed E-state index contributed by atoms with van der Waals surface area (Å²) >= 11 is 5.74. The second-order valence-electron chi connectivity index (χ2n) is 3.55. The monoisotopic (exact) mass is 282 g/mol. The van der Waals surface area contributed by atoms with Crippen molar-refractivity contribution in [3.8, 4) is 5.69 Å². The number of carbonyl (C=O) groups is 2. The van der Waals surface area contributed by atoms with Crippen LogP contribution in [0.1, 0.15) is 16.2 Å². The molecule has 1 aromatic heterocycles. The minimum Gasteiger partial charge on any atom is -0.481 e. The van der Waals surface area contributed by atoms with Crippen molar-refractivity contribution in [2.75, 3.05) is 0 Å². The molecule has 0 saturated carbocycles. The van der Waals surface area contributed by atoms with E-state index in [0.717, 1.165) is 4.68 Å². The van der Waals surface area contributed by atoms with Crippen LogP contribution in [0.25, 0.3) is 5.69 Å². The molecule has 0 saturated heterocycles. The van der Waals surface area contributed by atoms with Crippen molar-refractivity contribution in [2.24, 2.45) is 0 Å². The van der Waals surface area contributed by atoms with Gasteiger partial charge in [0.15, 0.2) is 5.82 Å². The fourth-order valence-corrected chi connectivity index (χ4v) is 1.66. The van der Waals surface area contributed by atoms with Crippen molar-refractivity contribution in [1.29, 1.82) is 0 Å². The van der Waals surface area contributed by atoms with Gasteiger partial charge in [0.2, 0.25) is 0 Å². The maximum atomic E-state index is 11.0. The van der Waals surface area contributed by atoms with Crippen LogP contribution in [0.4, 0.5) is 0 Å². The van der Waals surface area contributed by atoms with Crippen molar-refractivity contribution in [3.63, 3.8) is 0 Å². The van der Waals surface area contributed by atoms with E-state index in [0.29, 0.717) is 5.69 Å². The Morgan fingerprint density at radius 1 is 1.32 bits per heavy atom. The number of carboxylic acids is 2. The first-order valence-corrected chi connectivity index (χ1v) is 5.39. The largest absolute Gasteiger partial charge is 0.481 e. The molecule has 0 atom stereocenters. The molecular weight excluding hydrogens is 276 g/mol. The van der Waals surface area contributed by atoms with Crippen LogP contribution in [0.15, 0.2) is 18.2 Å². The Bertz CT molecular complexity index is 655. The zero-order valence-electron chi connectivity index (χ0n) is 9.32. The first-order valence-electron chi connectivity index (χ1n) is 5.01. The van der Waals surface area contributed by atoms with E-state index < -0.39 is 11.9 Å². The molecule has 0 aliphatic heterocycles. The summed E-state index contributed by atoms with van der Waals surface area (Å²) in [6.45, 7) is 0. The number of aromatic nitrogens is 4. The minimum atomic E-state index is -1.19. The van der Waals surface area contributed by atoms with Crippen LogP contribution in [0, 0.1) is 0 Å². The van der Waals surface area contributed by atoms with E-state index in [1.807, 2.05) is 0 Å². The molecule has 9 heteroatoms. The molecule has 8 nitrogen and oxygen atoms in total. The third-order valence-electron chi connectivity index (χ3n) is 2.27. The van der Waals surface area contributed by atoms with Crippen molar-refractivity contribution in [1.82, 2.24) is 20.2 Å². The quantitative estimate of drug-likeness (QED) is 0.844. The van der Waals surface area contributed by atoms with Crippen molar-refractivity contribution in [2.45, 2.75) is 6.42 Å². The third kappa shape index (κ3) is 2.68. The molecule has 2 N–H and O–H groups in total. The molecule has 2 aromatic rings. The number of carboxylic acid groups (broad SMARTS) is 2. The number of hydrogen-bond acceptors (Lipinski definition) is 5. The summed E-state index contributed by atoms with van der Waals surface area (Å²) in [6, 6.07) is 4.15. The summed E-state index contributed by atoms with van der Waals surface area (Å²) < 4.78 is 1.15. The first-order chi connectivity index (χ1) is 8.99. The highest BCUT2D eigenvalue weighted by atomic mass is 35.5. The van der Waals surface area contributed by atoms with Gasteiger partial charge in [-0.1, -0.05) is 11.6 Å². The lowest BCUT2D eigenvalue weighted by molar-refractivity contribution is -0.136. The predicted octanol–water partition coefficient (Wildman–Crippen LogP) is 0.641. The van der Waals surface area contributed by atoms with E-state index in [2.05, 4.69) is 15.5 Å². The van der Waals surface area contributed by atoms with Gasteiger partial charge in [-0.25, -0.2) is 4.79 Å². The summed E-state index contributed by atoms with van der Waals surface area (Å²) in [5, 5.41) is 28.3. The van der Waals surface area contributed by atoms with Crippen molar-refractivity contribution in [3.05, 3.63) is 34.6 Å². The normalized spacial score (nSPS) is 10.4. The Kier molecular flexibility index (Phi) is 3.43. The minimum absolute atomic E-state index is 0.0732. The SMILES string of the molecule is O=C(O)Cc1nnnn1-c1ccc(Cl)c(C(=O)O)c1. The first kappa shape index (κ1) is 13.0. The molecule has 0 amide bonds. The van der Waals surface area contributed by atoms with E-state index in [1.165, 1.54) is 18.2 Å². The number of aliphatic carboxylic acids is 1. The van der Waals surface area contributed by atoms with Crippen LogP contribution in [-0.4, -0.2) is 42.4 Å². The number of benzene rings is 1. The summed E-state index contributed by atoms with van der Waals surface area (Å²) in [5.74, 6) is -2.20. The number of aromatic carboxylic acids is 1. The number of tetrazole rings is 1. The number of hydrogen-bond donors (Lipinski definition) is 2. The lowest BCUT2D eigenvalue weighted by Crippen LogP contribution is -2.10. The van der Waals surface area contributed by atoms with Gasteiger partial charge in [0, 0.05) is 0 Å². The molecule has 0 radical (unpaired) electrons. The van der Waals surface area contributed by atoms with Gasteiger partial charge in [-0.15, -0.1) is 5.10 Å². The Balaban J connectivity index is 2.48. The number of halogens is 1. The van der Waals surface area contributed by atoms with Crippen LogP contribution in [0.2, 0.25) is 5.02 Å². The molecule has 1 aromatic carbocycles. The highest BCUT2D eigenvalue weighted by Gasteiger charge is 2.15. The molecule has 2 rings (SSSR count). The molecule has 98 valence electrons. The molecule has 0 fully saturated rings. The standard InChI is InChI=1S/C10H7ClN4O4/c11-7-2-1-5(3-6(7)10(18)19)15-8(4-9(16)17)12-13-14-15/h1-3H,4H2,(H,16,17)(H,18,19). The second kappa shape index (κ2) is 5.02. The fourth-order valence-electron chi connectivity index (χ4n) is 1.46. The summed E-state index contributed by atoms with van der Waals surface area (Å²) in [7, 11) is 0. The molecule has 0 bridgehead atoms. The smallest absolute Gasteiger partial charge is 0.337 e. The Hall–Kier alpha value is -2.48. The Morgan fingerprint density at radius 3 is 2.68 bits per heavy atom. The van der Waals surface area contributed by atoms with Crippen LogP contribution >= 0.6 is 11.6 Å². The Labute approximate surface area is 111 Å². The second-order valence-corrected chi connectivity index (χ2v) is 3.95. The fraction of sp³-hybridized carbons (Fsp3) is 0.100. The maximum absolute atomic E-state index is 11.0. The van der Waals surface area contributed by atoms with Gasteiger partial charge in [-0.2, -0.15) is 4.68 Å². The molecule has 0 aliphatic rings. The molecule has 0 aliphatic carbocycles. The van der Waals surface area contributed by atoms with E-state index in [-0.39, 0.29) is 22.8 Å². The van der Waals surface area contributed by atoms with Gasteiger partial charge >= 0.3 is 11.9 Å². The Morgan fingerprint density at radius 2 is 2.05 bits per heavy atom. The highest BCUT2D eigenvalue weighted by molar-refractivity contribution is 6.33. The van der Waals surface area contributed by atoms with Crippen LogP contribution in [-0.2, 0) is 11.2 Å².